The minimum Gasteiger partial charge on any atom is -0.478 e. The monoisotopic (exact) mass is 199 g/mol. The number of nitrogens with zero attached hydrogens (tertiary/aromatic N) is 1. The van der Waals surface area contributed by atoms with Crippen LogP contribution in [0.4, 0.5) is 0 Å². The molecule has 0 radical (unpaired) electrons. The van der Waals surface area contributed by atoms with Crippen molar-refractivity contribution in [2.45, 2.75) is 31.7 Å². The summed E-state index contributed by atoms with van der Waals surface area (Å²) in [6.07, 6.45) is 6.83. The number of carboxylic acids is 1. The highest BCUT2D eigenvalue weighted by Gasteiger charge is 2.18. The van der Waals surface area contributed by atoms with E-state index in [4.69, 9.17) is 10.2 Å². The Hall–Kier alpha value is -1.03. The normalized spacial score (nSPS) is 22.9. The van der Waals surface area contributed by atoms with Gasteiger partial charge >= 0.3 is 5.97 Å². The smallest absolute Gasteiger partial charge is 0.329 e. The molecule has 0 aliphatic carbocycles. The number of likely N-dealkylation sites (tertiary alicyclic amines) is 1. The molecular formula is C10H17NO3. The van der Waals surface area contributed by atoms with E-state index in [1.165, 1.54) is 6.42 Å². The van der Waals surface area contributed by atoms with E-state index in [0.29, 0.717) is 6.04 Å². The fourth-order valence-corrected chi connectivity index (χ4v) is 1.84. The molecule has 0 aromatic carbocycles. The van der Waals surface area contributed by atoms with Crippen LogP contribution in [-0.4, -0.2) is 40.3 Å². The molecule has 0 bridgehead atoms. The maximum atomic E-state index is 10.3. The van der Waals surface area contributed by atoms with Crippen LogP contribution < -0.4 is 0 Å². The van der Waals surface area contributed by atoms with E-state index in [0.717, 1.165) is 31.9 Å². The largest absolute Gasteiger partial charge is 0.478 e. The summed E-state index contributed by atoms with van der Waals surface area (Å²) in [5.74, 6) is -0.918. The van der Waals surface area contributed by atoms with Gasteiger partial charge in [-0.3, -0.25) is 0 Å². The average Bonchev–Trinajstić information content (AvgIpc) is 2.17. The summed E-state index contributed by atoms with van der Waals surface area (Å²) in [7, 11) is 0. The van der Waals surface area contributed by atoms with Gasteiger partial charge in [0.2, 0.25) is 0 Å². The van der Waals surface area contributed by atoms with Gasteiger partial charge in [0.15, 0.2) is 0 Å². The van der Waals surface area contributed by atoms with Crippen LogP contribution in [0.15, 0.2) is 12.3 Å². The zero-order valence-electron chi connectivity index (χ0n) is 8.22. The summed E-state index contributed by atoms with van der Waals surface area (Å²) in [5.41, 5.74) is 0. The lowest BCUT2D eigenvalue weighted by Crippen LogP contribution is -2.36. The Morgan fingerprint density at radius 2 is 2.29 bits per heavy atom. The predicted octanol–water partition coefficient (Wildman–Crippen LogP) is 0.822. The maximum Gasteiger partial charge on any atom is 0.329 e. The molecule has 2 N–H and O–H groups in total. The van der Waals surface area contributed by atoms with Crippen LogP contribution >= 0.6 is 0 Å². The summed E-state index contributed by atoms with van der Waals surface area (Å²) in [5, 5.41) is 17.3. The van der Waals surface area contributed by atoms with E-state index >= 15 is 0 Å². The fourth-order valence-electron chi connectivity index (χ4n) is 1.84. The lowest BCUT2D eigenvalue weighted by atomic mass is 10.0. The Labute approximate surface area is 83.8 Å². The van der Waals surface area contributed by atoms with Gasteiger partial charge < -0.3 is 15.1 Å². The van der Waals surface area contributed by atoms with Crippen molar-refractivity contribution < 1.29 is 15.0 Å². The Morgan fingerprint density at radius 1 is 1.50 bits per heavy atom. The van der Waals surface area contributed by atoms with Gasteiger partial charge in [-0.25, -0.2) is 4.79 Å². The Morgan fingerprint density at radius 3 is 2.93 bits per heavy atom. The molecule has 1 saturated heterocycles. The Kier molecular flexibility index (Phi) is 4.46. The first-order valence-electron chi connectivity index (χ1n) is 5.02. The second-order valence-electron chi connectivity index (χ2n) is 3.55. The molecule has 1 unspecified atom stereocenters. The number of aliphatic hydroxyl groups excluding tert-OH is 1. The minimum absolute atomic E-state index is 0.169. The maximum absolute atomic E-state index is 10.3. The van der Waals surface area contributed by atoms with E-state index in [-0.39, 0.29) is 6.61 Å². The van der Waals surface area contributed by atoms with Crippen LogP contribution in [0.3, 0.4) is 0 Å². The van der Waals surface area contributed by atoms with Crippen molar-refractivity contribution in [1.82, 2.24) is 4.90 Å². The number of carboxylic acid groups (broad SMARTS) is 1. The highest BCUT2D eigenvalue weighted by atomic mass is 16.4. The van der Waals surface area contributed by atoms with Gasteiger partial charge in [-0.1, -0.05) is 0 Å². The number of carbonyl (C=O) groups is 1. The molecule has 1 aliphatic heterocycles. The Bertz CT molecular complexity index is 213. The highest BCUT2D eigenvalue weighted by Crippen LogP contribution is 2.19. The molecule has 80 valence electrons. The molecule has 0 aromatic rings. The van der Waals surface area contributed by atoms with Gasteiger partial charge in [0.1, 0.15) is 0 Å². The van der Waals surface area contributed by atoms with E-state index in [2.05, 4.69) is 0 Å². The molecule has 0 saturated carbocycles. The zero-order chi connectivity index (χ0) is 10.4. The molecule has 1 fully saturated rings. The summed E-state index contributed by atoms with van der Waals surface area (Å²) >= 11 is 0. The third-order valence-corrected chi connectivity index (χ3v) is 2.54. The Balaban J connectivity index is 2.49. The average molecular weight is 199 g/mol. The minimum atomic E-state index is -0.918. The molecule has 0 aromatic heterocycles. The third-order valence-electron chi connectivity index (χ3n) is 2.54. The second-order valence-corrected chi connectivity index (χ2v) is 3.55. The van der Waals surface area contributed by atoms with E-state index < -0.39 is 5.97 Å². The summed E-state index contributed by atoms with van der Waals surface area (Å²) < 4.78 is 0. The van der Waals surface area contributed by atoms with Crippen LogP contribution in [0.25, 0.3) is 0 Å². The van der Waals surface area contributed by atoms with Gasteiger partial charge in [-0.15, -0.1) is 0 Å². The van der Waals surface area contributed by atoms with Crippen molar-refractivity contribution in [3.63, 3.8) is 0 Å². The third kappa shape index (κ3) is 3.38. The molecule has 0 amide bonds. The number of hydrogen-bond acceptors (Lipinski definition) is 3. The molecule has 1 aliphatic rings. The first-order chi connectivity index (χ1) is 6.74. The van der Waals surface area contributed by atoms with Gasteiger partial charge in [0.25, 0.3) is 0 Å². The molecule has 1 rings (SSSR count). The van der Waals surface area contributed by atoms with Crippen LogP contribution in [-0.2, 0) is 4.79 Å². The number of piperidine rings is 1. The van der Waals surface area contributed by atoms with Crippen LogP contribution in [0.5, 0.6) is 0 Å². The first-order valence-corrected chi connectivity index (χ1v) is 5.02. The van der Waals surface area contributed by atoms with Crippen molar-refractivity contribution in [2.75, 3.05) is 13.2 Å². The topological polar surface area (TPSA) is 60.8 Å². The highest BCUT2D eigenvalue weighted by molar-refractivity contribution is 5.79. The molecule has 4 heteroatoms. The molecular weight excluding hydrogens is 182 g/mol. The summed E-state index contributed by atoms with van der Waals surface area (Å²) in [4.78, 5) is 12.4. The van der Waals surface area contributed by atoms with E-state index in [1.54, 1.807) is 6.20 Å². The number of rotatable bonds is 4. The standard InChI is InChI=1S/C10H17NO3/c12-8-5-9-3-1-2-6-11(9)7-4-10(13)14/h4,7,9,12H,1-3,5-6,8H2,(H,13,14). The van der Waals surface area contributed by atoms with E-state index in [9.17, 15) is 4.79 Å². The van der Waals surface area contributed by atoms with Crippen molar-refractivity contribution in [3.8, 4) is 0 Å². The van der Waals surface area contributed by atoms with Gasteiger partial charge in [-0.2, -0.15) is 0 Å². The predicted molar refractivity (Wildman–Crippen MR) is 52.8 cm³/mol. The van der Waals surface area contributed by atoms with Crippen LogP contribution in [0.1, 0.15) is 25.7 Å². The van der Waals surface area contributed by atoms with Crippen LogP contribution in [0, 0.1) is 0 Å². The molecule has 1 heterocycles. The molecule has 1 atom stereocenters. The SMILES string of the molecule is O=C(O)C=CN1CCCCC1CCO. The lowest BCUT2D eigenvalue weighted by molar-refractivity contribution is -0.131. The van der Waals surface area contributed by atoms with Gasteiger partial charge in [0, 0.05) is 31.5 Å². The summed E-state index contributed by atoms with van der Waals surface area (Å²) in [6, 6.07) is 0.310. The molecule has 4 nitrogen and oxygen atoms in total. The number of aliphatic carboxylic acids is 1. The van der Waals surface area contributed by atoms with Crippen molar-refractivity contribution in [3.05, 3.63) is 12.3 Å². The number of aliphatic hydroxyl groups is 1. The summed E-state index contributed by atoms with van der Waals surface area (Å²) in [6.45, 7) is 1.07. The first kappa shape index (κ1) is 11.0. The molecule has 14 heavy (non-hydrogen) atoms. The van der Waals surface area contributed by atoms with Crippen molar-refractivity contribution >= 4 is 5.97 Å². The lowest BCUT2D eigenvalue weighted by Gasteiger charge is -2.34. The quantitative estimate of drug-likeness (QED) is 0.658. The van der Waals surface area contributed by atoms with Crippen LogP contribution in [0.2, 0.25) is 0 Å². The van der Waals surface area contributed by atoms with E-state index in [1.807, 2.05) is 4.90 Å². The van der Waals surface area contributed by atoms with Gasteiger partial charge in [0.05, 0.1) is 0 Å². The van der Waals surface area contributed by atoms with Crippen molar-refractivity contribution in [2.24, 2.45) is 0 Å². The zero-order valence-corrected chi connectivity index (χ0v) is 8.22. The second kappa shape index (κ2) is 5.65. The van der Waals surface area contributed by atoms with Crippen molar-refractivity contribution in [1.29, 1.82) is 0 Å². The molecule has 0 spiro atoms. The van der Waals surface area contributed by atoms with Gasteiger partial charge in [-0.05, 0) is 25.7 Å². The number of hydrogen-bond donors (Lipinski definition) is 2. The fraction of sp³-hybridized carbons (Fsp3) is 0.700.